The first kappa shape index (κ1) is 17.4. The summed E-state index contributed by atoms with van der Waals surface area (Å²) < 4.78 is 0. The van der Waals surface area contributed by atoms with Gasteiger partial charge in [-0.2, -0.15) is 0 Å². The number of aromatic hydroxyl groups is 1. The molecule has 0 atom stereocenters. The Kier molecular flexibility index (Phi) is 4.56. The number of allylic oxidation sites excluding steroid dienone is 1. The molecule has 4 aromatic rings. The minimum absolute atomic E-state index is 0.0561. The van der Waals surface area contributed by atoms with Crippen LogP contribution in [0.1, 0.15) is 21.6 Å². The second-order valence-corrected chi connectivity index (χ2v) is 6.28. The Hall–Kier alpha value is -3.99. The smallest absolute Gasteiger partial charge is 0.275 e. The molecule has 1 heterocycles. The van der Waals surface area contributed by atoms with E-state index in [-0.39, 0.29) is 22.8 Å². The molecule has 0 saturated heterocycles. The number of ketones is 1. The number of Topliss-reactive ketones (excluding diaryl/α,β-unsaturated/α-hetero) is 1. The molecule has 5 nitrogen and oxygen atoms in total. The van der Waals surface area contributed by atoms with Crippen LogP contribution in [0.2, 0.25) is 0 Å². The Labute approximate surface area is 160 Å². The van der Waals surface area contributed by atoms with Gasteiger partial charge in [-0.15, -0.1) is 0 Å². The van der Waals surface area contributed by atoms with E-state index >= 15 is 0 Å². The number of H-pyrrole nitrogens is 1. The molecule has 0 bridgehead atoms. The summed E-state index contributed by atoms with van der Waals surface area (Å²) in [5.74, 6) is -0.184. The van der Waals surface area contributed by atoms with Gasteiger partial charge in [0.05, 0.1) is 16.6 Å². The van der Waals surface area contributed by atoms with Crippen LogP contribution in [0.15, 0.2) is 83.7 Å². The van der Waals surface area contributed by atoms with Gasteiger partial charge >= 0.3 is 0 Å². The highest BCUT2D eigenvalue weighted by Gasteiger charge is 2.19. The van der Waals surface area contributed by atoms with Crippen molar-refractivity contribution >= 4 is 28.5 Å². The van der Waals surface area contributed by atoms with Gasteiger partial charge in [-0.25, -0.2) is 4.98 Å². The average Bonchev–Trinajstić information content (AvgIpc) is 2.73. The number of hydrogen-bond acceptors (Lipinski definition) is 4. The molecular formula is C23H16N2O3. The number of carbonyl (C=O) groups excluding carboxylic acids is 1. The molecule has 0 aliphatic heterocycles. The standard InChI is InChI=1S/C23H16N2O3/c26-17-12-10-15(11-13-17)14-18(22(27)16-6-2-1-3-7-16)21-23(28)25-20-9-5-4-8-19(20)24-21/h1-14,26H,(H,25,28)/b18-14-. The quantitative estimate of drug-likeness (QED) is 0.420. The maximum absolute atomic E-state index is 13.2. The number of hydrogen-bond donors (Lipinski definition) is 2. The number of rotatable bonds is 4. The van der Waals surface area contributed by atoms with Crippen LogP contribution in [0.25, 0.3) is 22.7 Å². The molecule has 28 heavy (non-hydrogen) atoms. The number of nitrogens with zero attached hydrogens (tertiary/aromatic N) is 1. The van der Waals surface area contributed by atoms with Crippen molar-refractivity contribution in [1.82, 2.24) is 9.97 Å². The fourth-order valence-corrected chi connectivity index (χ4v) is 2.94. The van der Waals surface area contributed by atoms with Gasteiger partial charge in [0, 0.05) is 5.56 Å². The monoisotopic (exact) mass is 368 g/mol. The van der Waals surface area contributed by atoms with Gasteiger partial charge in [0.1, 0.15) is 11.4 Å². The topological polar surface area (TPSA) is 83.0 Å². The number of aromatic amines is 1. The number of fused-ring (bicyclic) bond motifs is 1. The second-order valence-electron chi connectivity index (χ2n) is 6.28. The SMILES string of the molecule is O=C(/C(=C\c1ccc(O)cc1)c1nc2ccccc2[nH]c1=O)c1ccccc1. The van der Waals surface area contributed by atoms with Crippen LogP contribution in [0.3, 0.4) is 0 Å². The van der Waals surface area contributed by atoms with Crippen molar-refractivity contribution in [3.63, 3.8) is 0 Å². The summed E-state index contributed by atoms with van der Waals surface area (Å²) in [6, 6.07) is 22.3. The van der Waals surface area contributed by atoms with E-state index < -0.39 is 5.56 Å². The van der Waals surface area contributed by atoms with Crippen molar-refractivity contribution in [1.29, 1.82) is 0 Å². The van der Waals surface area contributed by atoms with Gasteiger partial charge in [-0.1, -0.05) is 54.6 Å². The third-order valence-corrected chi connectivity index (χ3v) is 4.34. The predicted molar refractivity (Wildman–Crippen MR) is 109 cm³/mol. The molecule has 5 heteroatoms. The molecule has 136 valence electrons. The van der Waals surface area contributed by atoms with Crippen molar-refractivity contribution in [2.45, 2.75) is 0 Å². The van der Waals surface area contributed by atoms with Gasteiger partial charge in [0.25, 0.3) is 5.56 Å². The molecule has 0 amide bonds. The minimum atomic E-state index is -0.437. The highest BCUT2D eigenvalue weighted by atomic mass is 16.3. The zero-order valence-electron chi connectivity index (χ0n) is 14.8. The lowest BCUT2D eigenvalue weighted by Crippen LogP contribution is -2.18. The Morgan fingerprint density at radius 2 is 1.57 bits per heavy atom. The molecule has 0 aliphatic carbocycles. The first-order valence-corrected chi connectivity index (χ1v) is 8.72. The van der Waals surface area contributed by atoms with Gasteiger partial charge < -0.3 is 10.1 Å². The number of benzene rings is 3. The van der Waals surface area contributed by atoms with Crippen molar-refractivity contribution in [2.75, 3.05) is 0 Å². The molecular weight excluding hydrogens is 352 g/mol. The summed E-state index contributed by atoms with van der Waals surface area (Å²) in [5.41, 5.74) is 2.13. The lowest BCUT2D eigenvalue weighted by Gasteiger charge is -2.08. The van der Waals surface area contributed by atoms with E-state index in [0.29, 0.717) is 22.2 Å². The maximum atomic E-state index is 13.2. The number of phenolic OH excluding ortho intramolecular Hbond substituents is 1. The zero-order chi connectivity index (χ0) is 19.5. The van der Waals surface area contributed by atoms with E-state index in [1.807, 2.05) is 18.2 Å². The fourth-order valence-electron chi connectivity index (χ4n) is 2.94. The Morgan fingerprint density at radius 1 is 0.893 bits per heavy atom. The first-order valence-electron chi connectivity index (χ1n) is 8.72. The van der Waals surface area contributed by atoms with E-state index in [1.165, 1.54) is 12.1 Å². The van der Waals surface area contributed by atoms with Gasteiger partial charge in [-0.3, -0.25) is 9.59 Å². The zero-order valence-corrected chi connectivity index (χ0v) is 14.8. The van der Waals surface area contributed by atoms with Crippen LogP contribution in [0.4, 0.5) is 0 Å². The summed E-state index contributed by atoms with van der Waals surface area (Å²) in [6.45, 7) is 0. The summed E-state index contributed by atoms with van der Waals surface area (Å²) in [7, 11) is 0. The molecule has 3 aromatic carbocycles. The number of para-hydroxylation sites is 2. The van der Waals surface area contributed by atoms with Crippen LogP contribution >= 0.6 is 0 Å². The van der Waals surface area contributed by atoms with E-state index in [1.54, 1.807) is 54.6 Å². The Bertz CT molecular complexity index is 1240. The maximum Gasteiger partial charge on any atom is 0.275 e. The van der Waals surface area contributed by atoms with Crippen LogP contribution in [0.5, 0.6) is 5.75 Å². The summed E-state index contributed by atoms with van der Waals surface area (Å²) in [5, 5.41) is 9.50. The molecule has 0 aliphatic rings. The largest absolute Gasteiger partial charge is 0.508 e. The molecule has 0 spiro atoms. The average molecular weight is 368 g/mol. The van der Waals surface area contributed by atoms with Crippen LogP contribution in [-0.2, 0) is 0 Å². The number of carbonyl (C=O) groups is 1. The van der Waals surface area contributed by atoms with E-state index in [4.69, 9.17) is 0 Å². The van der Waals surface area contributed by atoms with E-state index in [9.17, 15) is 14.7 Å². The van der Waals surface area contributed by atoms with Gasteiger partial charge in [-0.05, 0) is 35.9 Å². The molecule has 0 fully saturated rings. The number of phenols is 1. The highest BCUT2D eigenvalue weighted by molar-refractivity contribution is 6.32. The Balaban J connectivity index is 1.93. The third-order valence-electron chi connectivity index (χ3n) is 4.34. The van der Waals surface area contributed by atoms with E-state index in [2.05, 4.69) is 9.97 Å². The predicted octanol–water partition coefficient (Wildman–Crippen LogP) is 4.05. The number of aromatic nitrogens is 2. The third kappa shape index (κ3) is 3.46. The molecule has 4 rings (SSSR count). The lowest BCUT2D eigenvalue weighted by atomic mass is 9.98. The molecule has 0 saturated carbocycles. The summed E-state index contributed by atoms with van der Waals surface area (Å²) in [4.78, 5) is 33.1. The van der Waals surface area contributed by atoms with E-state index in [0.717, 1.165) is 0 Å². The second kappa shape index (κ2) is 7.32. The Morgan fingerprint density at radius 3 is 2.32 bits per heavy atom. The van der Waals surface area contributed by atoms with Crippen molar-refractivity contribution in [3.8, 4) is 5.75 Å². The van der Waals surface area contributed by atoms with Crippen molar-refractivity contribution in [2.24, 2.45) is 0 Å². The normalized spacial score (nSPS) is 11.5. The lowest BCUT2D eigenvalue weighted by molar-refractivity contribution is 0.105. The first-order chi connectivity index (χ1) is 13.6. The van der Waals surface area contributed by atoms with Crippen molar-refractivity contribution < 1.29 is 9.90 Å². The molecule has 1 aromatic heterocycles. The minimum Gasteiger partial charge on any atom is -0.508 e. The number of nitrogens with one attached hydrogen (secondary N) is 1. The van der Waals surface area contributed by atoms with Crippen LogP contribution in [-0.4, -0.2) is 20.9 Å². The fraction of sp³-hybridized carbons (Fsp3) is 0. The van der Waals surface area contributed by atoms with Crippen molar-refractivity contribution in [3.05, 3.63) is 106 Å². The van der Waals surface area contributed by atoms with Gasteiger partial charge in [0.15, 0.2) is 5.78 Å². The molecule has 0 unspecified atom stereocenters. The van der Waals surface area contributed by atoms with Crippen LogP contribution in [0, 0.1) is 0 Å². The summed E-state index contributed by atoms with van der Waals surface area (Å²) in [6.07, 6.45) is 1.61. The van der Waals surface area contributed by atoms with Crippen LogP contribution < -0.4 is 5.56 Å². The van der Waals surface area contributed by atoms with Gasteiger partial charge in [0.2, 0.25) is 0 Å². The summed E-state index contributed by atoms with van der Waals surface area (Å²) >= 11 is 0. The molecule has 0 radical (unpaired) electrons. The highest BCUT2D eigenvalue weighted by Crippen LogP contribution is 2.22. The molecule has 2 N–H and O–H groups in total.